The molecule has 0 heterocycles. The standard InChI is InChI=1S/C11H15NO5/c1-2-17-11(16)9(12)10(15)6-3-4-7(13)8(14)5-6/h3-5,9-10,13-15H,2,12H2,1H3/t9-,10+/m0/s1/i9D,10D. The first-order valence-corrected chi connectivity index (χ1v) is 4.85. The van der Waals surface area contributed by atoms with Crippen LogP contribution in [0.2, 0.25) is 0 Å². The summed E-state index contributed by atoms with van der Waals surface area (Å²) in [6.45, 7) is 1.43. The van der Waals surface area contributed by atoms with Crippen molar-refractivity contribution >= 4 is 5.97 Å². The highest BCUT2D eigenvalue weighted by atomic mass is 16.5. The summed E-state index contributed by atoms with van der Waals surface area (Å²) in [4.78, 5) is 11.5. The van der Waals surface area contributed by atoms with Gasteiger partial charge in [-0.1, -0.05) is 6.07 Å². The number of hydrogen-bond acceptors (Lipinski definition) is 6. The predicted molar refractivity (Wildman–Crippen MR) is 59.3 cm³/mol. The molecule has 0 saturated carbocycles. The van der Waals surface area contributed by atoms with Gasteiger partial charge in [-0.15, -0.1) is 0 Å². The highest BCUT2D eigenvalue weighted by Crippen LogP contribution is 2.28. The first-order chi connectivity index (χ1) is 8.64. The van der Waals surface area contributed by atoms with Gasteiger partial charge in [0.05, 0.1) is 9.35 Å². The largest absolute Gasteiger partial charge is 0.504 e. The molecule has 0 radical (unpaired) electrons. The fraction of sp³-hybridized carbons (Fsp3) is 0.364. The molecule has 2 atom stereocenters. The Morgan fingerprint density at radius 3 is 2.71 bits per heavy atom. The summed E-state index contributed by atoms with van der Waals surface area (Å²) in [5.41, 5.74) is 5.03. The number of aromatic hydroxyl groups is 2. The summed E-state index contributed by atoms with van der Waals surface area (Å²) in [5.74, 6) is -2.36. The maximum Gasteiger partial charge on any atom is 0.325 e. The van der Waals surface area contributed by atoms with Gasteiger partial charge in [0.15, 0.2) is 11.5 Å². The topological polar surface area (TPSA) is 113 Å². The minimum atomic E-state index is -2.86. The normalized spacial score (nSPS) is 19.5. The second-order valence-corrected chi connectivity index (χ2v) is 3.19. The number of aliphatic hydroxyl groups is 1. The third kappa shape index (κ3) is 3.08. The van der Waals surface area contributed by atoms with Gasteiger partial charge in [-0.3, -0.25) is 4.79 Å². The lowest BCUT2D eigenvalue weighted by Crippen LogP contribution is -2.38. The number of phenols is 2. The van der Waals surface area contributed by atoms with Gasteiger partial charge in [-0.05, 0) is 24.6 Å². The van der Waals surface area contributed by atoms with E-state index in [2.05, 4.69) is 4.74 Å². The molecule has 0 bridgehead atoms. The Labute approximate surface area is 101 Å². The van der Waals surface area contributed by atoms with Crippen molar-refractivity contribution < 1.29 is 27.6 Å². The van der Waals surface area contributed by atoms with Crippen LogP contribution >= 0.6 is 0 Å². The first-order valence-electron chi connectivity index (χ1n) is 5.85. The number of ether oxygens (including phenoxy) is 1. The lowest BCUT2D eigenvalue weighted by atomic mass is 10.0. The number of carbonyl (C=O) groups excluding carboxylic acids is 1. The van der Waals surface area contributed by atoms with Gasteiger partial charge in [0.1, 0.15) is 12.1 Å². The van der Waals surface area contributed by atoms with E-state index in [-0.39, 0.29) is 12.2 Å². The van der Waals surface area contributed by atoms with Crippen molar-refractivity contribution in [1.29, 1.82) is 0 Å². The van der Waals surface area contributed by atoms with Gasteiger partial charge in [0.25, 0.3) is 0 Å². The van der Waals surface area contributed by atoms with E-state index in [1.54, 1.807) is 0 Å². The molecule has 94 valence electrons. The van der Waals surface area contributed by atoms with Crippen molar-refractivity contribution in [3.05, 3.63) is 23.8 Å². The Hall–Kier alpha value is -1.79. The van der Waals surface area contributed by atoms with E-state index < -0.39 is 29.6 Å². The highest BCUT2D eigenvalue weighted by Gasteiger charge is 2.25. The Kier molecular flexibility index (Phi) is 3.36. The maximum absolute atomic E-state index is 11.5. The van der Waals surface area contributed by atoms with Gasteiger partial charge < -0.3 is 25.8 Å². The van der Waals surface area contributed by atoms with Crippen molar-refractivity contribution in [2.45, 2.75) is 19.0 Å². The van der Waals surface area contributed by atoms with Crippen molar-refractivity contribution in [1.82, 2.24) is 0 Å². The van der Waals surface area contributed by atoms with E-state index in [4.69, 9.17) is 13.6 Å². The number of hydrogen-bond donors (Lipinski definition) is 4. The molecule has 6 heteroatoms. The molecule has 0 aliphatic carbocycles. The van der Waals surface area contributed by atoms with Crippen LogP contribution in [-0.4, -0.2) is 33.9 Å². The van der Waals surface area contributed by atoms with Gasteiger partial charge >= 0.3 is 5.97 Å². The fourth-order valence-electron chi connectivity index (χ4n) is 1.13. The van der Waals surface area contributed by atoms with Crippen LogP contribution in [0.15, 0.2) is 18.2 Å². The smallest absolute Gasteiger partial charge is 0.325 e. The molecule has 17 heavy (non-hydrogen) atoms. The Bertz CT molecular complexity index is 490. The number of esters is 1. The molecule has 0 aliphatic rings. The third-order valence-electron chi connectivity index (χ3n) is 2.00. The average molecular weight is 243 g/mol. The maximum atomic E-state index is 11.5. The van der Waals surface area contributed by atoms with E-state index in [9.17, 15) is 15.0 Å². The van der Waals surface area contributed by atoms with E-state index in [0.29, 0.717) is 0 Å². The number of rotatable bonds is 4. The summed E-state index contributed by atoms with van der Waals surface area (Å²) < 4.78 is 19.8. The Balaban J connectivity index is 3.21. The summed E-state index contributed by atoms with van der Waals surface area (Å²) in [6.07, 6.45) is -2.86. The zero-order valence-electron chi connectivity index (χ0n) is 11.2. The van der Waals surface area contributed by atoms with E-state index in [1.807, 2.05) is 0 Å². The fourth-order valence-corrected chi connectivity index (χ4v) is 1.13. The van der Waals surface area contributed by atoms with Crippen LogP contribution in [0.25, 0.3) is 0 Å². The molecule has 0 aliphatic heterocycles. The molecule has 0 aromatic heterocycles. The third-order valence-corrected chi connectivity index (χ3v) is 2.00. The van der Waals surface area contributed by atoms with E-state index in [1.165, 1.54) is 6.92 Å². The van der Waals surface area contributed by atoms with Crippen LogP contribution in [0.5, 0.6) is 11.5 Å². The minimum Gasteiger partial charge on any atom is -0.504 e. The Morgan fingerprint density at radius 2 is 2.18 bits per heavy atom. The quantitative estimate of drug-likeness (QED) is 0.438. The molecule has 0 fully saturated rings. The predicted octanol–water partition coefficient (Wildman–Crippen LogP) is 0.0216. The zero-order valence-corrected chi connectivity index (χ0v) is 9.17. The van der Waals surface area contributed by atoms with Crippen LogP contribution in [0.3, 0.4) is 0 Å². The van der Waals surface area contributed by atoms with Crippen LogP contribution < -0.4 is 5.73 Å². The summed E-state index contributed by atoms with van der Waals surface area (Å²) in [7, 11) is 0. The van der Waals surface area contributed by atoms with E-state index >= 15 is 0 Å². The number of benzene rings is 1. The SMILES string of the molecule is [2H][C@@](N)(C(=O)OCC)[C@]([2H])(O)c1ccc(O)c(O)c1. The molecule has 0 spiro atoms. The van der Waals surface area contributed by atoms with Gasteiger partial charge in [0, 0.05) is 0 Å². The van der Waals surface area contributed by atoms with E-state index in [0.717, 1.165) is 18.2 Å². The number of carbonyl (C=O) groups is 1. The molecular formula is C11H15NO5. The molecule has 1 aromatic carbocycles. The van der Waals surface area contributed by atoms with Crippen LogP contribution in [0.1, 0.15) is 21.3 Å². The molecule has 0 amide bonds. The summed E-state index contributed by atoms with van der Waals surface area (Å²) in [5, 5.41) is 28.4. The Morgan fingerprint density at radius 1 is 1.53 bits per heavy atom. The lowest BCUT2D eigenvalue weighted by molar-refractivity contribution is -0.147. The van der Waals surface area contributed by atoms with Gasteiger partial charge in [-0.2, -0.15) is 0 Å². The van der Waals surface area contributed by atoms with Crippen LogP contribution in [0.4, 0.5) is 0 Å². The monoisotopic (exact) mass is 243 g/mol. The summed E-state index contributed by atoms with van der Waals surface area (Å²) in [6, 6.07) is 0.132. The highest BCUT2D eigenvalue weighted by molar-refractivity contribution is 5.76. The number of nitrogens with two attached hydrogens (primary N) is 1. The van der Waals surface area contributed by atoms with Gasteiger partial charge in [0.2, 0.25) is 0 Å². The average Bonchev–Trinajstić information content (AvgIpc) is 2.32. The second-order valence-electron chi connectivity index (χ2n) is 3.19. The first kappa shape index (κ1) is 10.4. The van der Waals surface area contributed by atoms with Gasteiger partial charge in [-0.25, -0.2) is 0 Å². The molecular weight excluding hydrogens is 226 g/mol. The number of phenolic OH excluding ortho intramolecular Hbond substituents is 2. The zero-order chi connectivity index (χ0) is 14.8. The van der Waals surface area contributed by atoms with Crippen molar-refractivity contribution in [3.63, 3.8) is 0 Å². The second kappa shape index (κ2) is 5.51. The molecule has 1 rings (SSSR count). The molecule has 0 saturated heterocycles. The molecule has 0 unspecified atom stereocenters. The van der Waals surface area contributed by atoms with Crippen molar-refractivity contribution in [3.8, 4) is 11.5 Å². The van der Waals surface area contributed by atoms with Crippen molar-refractivity contribution in [2.24, 2.45) is 5.73 Å². The van der Waals surface area contributed by atoms with Crippen molar-refractivity contribution in [2.75, 3.05) is 6.61 Å². The molecule has 6 nitrogen and oxygen atoms in total. The van der Waals surface area contributed by atoms with Crippen LogP contribution in [-0.2, 0) is 9.53 Å². The molecule has 1 aromatic rings. The lowest BCUT2D eigenvalue weighted by Gasteiger charge is -2.17. The summed E-state index contributed by atoms with van der Waals surface area (Å²) >= 11 is 0. The van der Waals surface area contributed by atoms with Crippen LogP contribution in [0, 0.1) is 0 Å². The minimum absolute atomic E-state index is 0.0619. The molecule has 5 N–H and O–H groups in total.